The Morgan fingerprint density at radius 3 is 2.21 bits per heavy atom. The van der Waals surface area contributed by atoms with Crippen LogP contribution in [-0.4, -0.2) is 16.8 Å². The van der Waals surface area contributed by atoms with E-state index in [2.05, 4.69) is 47.2 Å². The molecule has 5 nitrogen and oxygen atoms in total. The van der Waals surface area contributed by atoms with Crippen molar-refractivity contribution in [2.45, 2.75) is 26.3 Å². The summed E-state index contributed by atoms with van der Waals surface area (Å²) >= 11 is 1.60. The second kappa shape index (κ2) is 10.9. The van der Waals surface area contributed by atoms with Crippen LogP contribution in [0.1, 0.15) is 24.0 Å². The molecular formula is C27H24FN3O2S. The zero-order valence-electron chi connectivity index (χ0n) is 18.7. The van der Waals surface area contributed by atoms with Crippen molar-refractivity contribution < 1.29 is 14.0 Å². The van der Waals surface area contributed by atoms with Gasteiger partial charge in [0.05, 0.1) is 5.69 Å². The minimum atomic E-state index is -0.371. The van der Waals surface area contributed by atoms with Crippen LogP contribution in [0.3, 0.4) is 0 Å². The first-order valence-corrected chi connectivity index (χ1v) is 11.8. The van der Waals surface area contributed by atoms with Crippen LogP contribution in [0, 0.1) is 12.7 Å². The lowest BCUT2D eigenvalue weighted by molar-refractivity contribution is -0.124. The van der Waals surface area contributed by atoms with Crippen LogP contribution < -0.4 is 10.6 Å². The summed E-state index contributed by atoms with van der Waals surface area (Å²) in [6.07, 6.45) is 0.127. The molecule has 0 aliphatic rings. The fraction of sp³-hybridized carbons (Fsp3) is 0.148. The molecular weight excluding hydrogens is 449 g/mol. The molecule has 2 amide bonds. The van der Waals surface area contributed by atoms with Gasteiger partial charge in [-0.3, -0.25) is 9.59 Å². The molecule has 2 N–H and O–H groups in total. The van der Waals surface area contributed by atoms with Gasteiger partial charge >= 0.3 is 0 Å². The summed E-state index contributed by atoms with van der Waals surface area (Å²) in [5.74, 6) is -0.871. The van der Waals surface area contributed by atoms with Crippen LogP contribution in [0.4, 0.5) is 10.1 Å². The van der Waals surface area contributed by atoms with Crippen molar-refractivity contribution in [1.29, 1.82) is 0 Å². The van der Waals surface area contributed by atoms with Gasteiger partial charge in [-0.05, 0) is 36.8 Å². The van der Waals surface area contributed by atoms with Crippen molar-refractivity contribution in [2.24, 2.45) is 0 Å². The molecule has 0 atom stereocenters. The summed E-state index contributed by atoms with van der Waals surface area (Å²) in [6, 6.07) is 21.7. The maximum atomic E-state index is 12.9. The molecule has 0 aliphatic carbocycles. The molecule has 0 unspecified atom stereocenters. The Labute approximate surface area is 201 Å². The first-order chi connectivity index (χ1) is 16.5. The van der Waals surface area contributed by atoms with Crippen molar-refractivity contribution in [3.63, 3.8) is 0 Å². The molecule has 0 saturated carbocycles. The molecule has 0 aliphatic heterocycles. The van der Waals surface area contributed by atoms with Crippen LogP contribution >= 0.6 is 11.3 Å². The second-order valence-corrected chi connectivity index (χ2v) is 8.79. The van der Waals surface area contributed by atoms with Gasteiger partial charge in [0, 0.05) is 41.6 Å². The molecule has 0 saturated heterocycles. The van der Waals surface area contributed by atoms with E-state index in [0.29, 0.717) is 12.2 Å². The number of nitrogens with zero attached hydrogens (tertiary/aromatic N) is 1. The molecule has 34 heavy (non-hydrogen) atoms. The molecule has 0 spiro atoms. The number of hydrogen-bond donors (Lipinski definition) is 2. The number of benzene rings is 3. The van der Waals surface area contributed by atoms with Crippen molar-refractivity contribution in [1.82, 2.24) is 10.3 Å². The summed E-state index contributed by atoms with van der Waals surface area (Å²) in [5, 5.41) is 8.48. The minimum absolute atomic E-state index is 0.0511. The molecule has 1 aromatic heterocycles. The SMILES string of the molecule is Cc1ccc(-c2csc(-c3ccc(CNC(=O)CCC(=O)Nc4ccc(F)cc4)cc3)n2)cc1. The largest absolute Gasteiger partial charge is 0.352 e. The van der Waals surface area contributed by atoms with Crippen molar-refractivity contribution in [3.8, 4) is 21.8 Å². The van der Waals surface area contributed by atoms with Gasteiger partial charge in [-0.1, -0.05) is 54.1 Å². The van der Waals surface area contributed by atoms with Crippen LogP contribution in [-0.2, 0) is 16.1 Å². The first-order valence-electron chi connectivity index (χ1n) is 10.9. The van der Waals surface area contributed by atoms with Gasteiger partial charge in [-0.2, -0.15) is 0 Å². The highest BCUT2D eigenvalue weighted by atomic mass is 32.1. The van der Waals surface area contributed by atoms with E-state index in [1.807, 2.05) is 24.3 Å². The summed E-state index contributed by atoms with van der Waals surface area (Å²) in [4.78, 5) is 28.8. The molecule has 0 fully saturated rings. The number of nitrogens with one attached hydrogen (secondary N) is 2. The Bertz CT molecular complexity index is 1270. The van der Waals surface area contributed by atoms with E-state index in [9.17, 15) is 14.0 Å². The molecule has 172 valence electrons. The fourth-order valence-corrected chi connectivity index (χ4v) is 4.14. The zero-order chi connectivity index (χ0) is 23.9. The third-order valence-electron chi connectivity index (χ3n) is 5.25. The third-order valence-corrected chi connectivity index (χ3v) is 6.14. The van der Waals surface area contributed by atoms with Crippen molar-refractivity contribution in [3.05, 3.63) is 95.1 Å². The minimum Gasteiger partial charge on any atom is -0.352 e. The highest BCUT2D eigenvalue weighted by Gasteiger charge is 2.09. The molecule has 0 radical (unpaired) electrons. The molecule has 1 heterocycles. The molecule has 0 bridgehead atoms. The summed E-state index contributed by atoms with van der Waals surface area (Å²) in [5.41, 5.74) is 5.76. The summed E-state index contributed by atoms with van der Waals surface area (Å²) in [7, 11) is 0. The number of rotatable bonds is 8. The average Bonchev–Trinajstić information content (AvgIpc) is 3.34. The smallest absolute Gasteiger partial charge is 0.224 e. The van der Waals surface area contributed by atoms with E-state index in [0.717, 1.165) is 27.4 Å². The normalized spacial score (nSPS) is 10.6. The van der Waals surface area contributed by atoms with Gasteiger partial charge in [0.15, 0.2) is 0 Å². The Morgan fingerprint density at radius 2 is 1.50 bits per heavy atom. The lowest BCUT2D eigenvalue weighted by Crippen LogP contribution is -2.24. The van der Waals surface area contributed by atoms with E-state index in [1.54, 1.807) is 11.3 Å². The predicted molar refractivity (Wildman–Crippen MR) is 134 cm³/mol. The summed E-state index contributed by atoms with van der Waals surface area (Å²) in [6.45, 7) is 2.44. The number of carbonyl (C=O) groups excluding carboxylic acids is 2. The van der Waals surface area contributed by atoms with E-state index in [1.165, 1.54) is 29.8 Å². The van der Waals surface area contributed by atoms with E-state index in [4.69, 9.17) is 4.98 Å². The molecule has 4 rings (SSSR count). The van der Waals surface area contributed by atoms with Gasteiger partial charge in [0.1, 0.15) is 10.8 Å². The Morgan fingerprint density at radius 1 is 0.853 bits per heavy atom. The fourth-order valence-electron chi connectivity index (χ4n) is 3.30. The van der Waals surface area contributed by atoms with Crippen LogP contribution in [0.2, 0.25) is 0 Å². The monoisotopic (exact) mass is 473 g/mol. The van der Waals surface area contributed by atoms with Crippen molar-refractivity contribution in [2.75, 3.05) is 5.32 Å². The van der Waals surface area contributed by atoms with E-state index < -0.39 is 0 Å². The highest BCUT2D eigenvalue weighted by Crippen LogP contribution is 2.29. The van der Waals surface area contributed by atoms with Gasteiger partial charge in [-0.15, -0.1) is 11.3 Å². The predicted octanol–water partition coefficient (Wildman–Crippen LogP) is 5.96. The Balaban J connectivity index is 1.24. The zero-order valence-corrected chi connectivity index (χ0v) is 19.5. The number of aromatic nitrogens is 1. The number of halogens is 1. The number of anilines is 1. The molecule has 4 aromatic rings. The van der Waals surface area contributed by atoms with Crippen LogP contribution in [0.15, 0.2) is 78.2 Å². The van der Waals surface area contributed by atoms with Crippen molar-refractivity contribution >= 4 is 28.8 Å². The third kappa shape index (κ3) is 6.36. The molecule has 3 aromatic carbocycles. The van der Waals surface area contributed by atoms with Gasteiger partial charge in [0.2, 0.25) is 11.8 Å². The first kappa shape index (κ1) is 23.3. The quantitative estimate of drug-likeness (QED) is 0.332. The molecule has 7 heteroatoms. The van der Waals surface area contributed by atoms with Gasteiger partial charge in [-0.25, -0.2) is 9.37 Å². The lowest BCUT2D eigenvalue weighted by atomic mass is 10.1. The van der Waals surface area contributed by atoms with Crippen LogP contribution in [0.5, 0.6) is 0 Å². The lowest BCUT2D eigenvalue weighted by Gasteiger charge is -2.07. The average molecular weight is 474 g/mol. The topological polar surface area (TPSA) is 71.1 Å². The number of amides is 2. The maximum Gasteiger partial charge on any atom is 0.224 e. The van der Waals surface area contributed by atoms with Gasteiger partial charge in [0.25, 0.3) is 0 Å². The Hall–Kier alpha value is -3.84. The second-order valence-electron chi connectivity index (χ2n) is 7.93. The van der Waals surface area contributed by atoms with Crippen LogP contribution in [0.25, 0.3) is 21.8 Å². The number of aryl methyl sites for hydroxylation is 1. The number of hydrogen-bond acceptors (Lipinski definition) is 4. The van der Waals surface area contributed by atoms with E-state index in [-0.39, 0.29) is 30.5 Å². The van der Waals surface area contributed by atoms with Gasteiger partial charge < -0.3 is 10.6 Å². The summed E-state index contributed by atoms with van der Waals surface area (Å²) < 4.78 is 12.9. The number of carbonyl (C=O) groups is 2. The maximum absolute atomic E-state index is 12.9. The van der Waals surface area contributed by atoms with E-state index >= 15 is 0 Å². The standard InChI is InChI=1S/C27H24FN3O2S/c1-18-2-6-20(7-3-18)24-17-34-27(31-24)21-8-4-19(5-9-21)16-29-25(32)14-15-26(33)30-23-12-10-22(28)11-13-23/h2-13,17H,14-16H2,1H3,(H,29,32)(H,30,33). The highest BCUT2D eigenvalue weighted by molar-refractivity contribution is 7.13. The Kier molecular flexibility index (Phi) is 7.44. The number of thiazole rings is 1.